The van der Waals surface area contributed by atoms with Gasteiger partial charge in [0, 0.05) is 13.1 Å². The van der Waals surface area contributed by atoms with Crippen LogP contribution in [-0.2, 0) is 0 Å². The van der Waals surface area contributed by atoms with Crippen molar-refractivity contribution in [3.05, 3.63) is 18.2 Å². The smallest absolute Gasteiger partial charge is 0.125 e. The van der Waals surface area contributed by atoms with Crippen LogP contribution in [0.2, 0.25) is 0 Å². The van der Waals surface area contributed by atoms with E-state index in [2.05, 4.69) is 28.7 Å². The number of aryl methyl sites for hydroxylation is 1. The maximum atomic E-state index is 4.22. The Balaban J connectivity index is 2.14. The molecule has 0 aliphatic carbocycles. The number of rotatable bonds is 1. The lowest BCUT2D eigenvalue weighted by Crippen LogP contribution is -2.22. The first kappa shape index (κ1) is 9.44. The topological polar surface area (TPSA) is 29.0 Å². The Hall–Kier alpha value is -1.12. The van der Waals surface area contributed by atoms with Crippen LogP contribution in [0.25, 0.3) is 0 Å². The summed E-state index contributed by atoms with van der Waals surface area (Å²) in [6, 6.07) is 0. The molecule has 14 heavy (non-hydrogen) atoms. The minimum atomic E-state index is 0.435. The molecule has 0 bridgehead atoms. The minimum Gasteiger partial charge on any atom is -0.368 e. The van der Waals surface area contributed by atoms with Crippen molar-refractivity contribution in [2.75, 3.05) is 18.0 Å². The summed E-state index contributed by atoms with van der Waals surface area (Å²) in [5.41, 5.74) is 1.59. The number of hydrogen-bond donors (Lipinski definition) is 0. The van der Waals surface area contributed by atoms with Gasteiger partial charge in [0.1, 0.15) is 5.82 Å². The van der Waals surface area contributed by atoms with Crippen molar-refractivity contribution in [1.82, 2.24) is 9.97 Å². The van der Waals surface area contributed by atoms with Gasteiger partial charge in [-0.2, -0.15) is 0 Å². The summed E-state index contributed by atoms with van der Waals surface area (Å²) in [5, 5.41) is 0. The van der Waals surface area contributed by atoms with E-state index in [0.29, 0.717) is 5.41 Å². The third kappa shape index (κ3) is 1.86. The Morgan fingerprint density at radius 3 is 2.43 bits per heavy atom. The van der Waals surface area contributed by atoms with Crippen molar-refractivity contribution in [3.8, 4) is 0 Å². The van der Waals surface area contributed by atoms with Crippen LogP contribution in [-0.4, -0.2) is 23.1 Å². The Morgan fingerprint density at radius 2 is 1.93 bits per heavy atom. The van der Waals surface area contributed by atoms with Gasteiger partial charge in [-0.3, -0.25) is 0 Å². The molecule has 0 N–H and O–H groups in total. The second-order valence-electron chi connectivity index (χ2n) is 4.82. The van der Waals surface area contributed by atoms with E-state index in [4.69, 9.17) is 0 Å². The molecule has 0 spiro atoms. The fraction of sp³-hybridized carbons (Fsp3) is 0.636. The molecular weight excluding hydrogens is 174 g/mol. The molecule has 1 saturated heterocycles. The molecule has 1 fully saturated rings. The number of aromatic nitrogens is 2. The quantitative estimate of drug-likeness (QED) is 0.680. The molecule has 76 valence electrons. The zero-order valence-corrected chi connectivity index (χ0v) is 9.12. The molecule has 0 saturated carbocycles. The highest BCUT2D eigenvalue weighted by molar-refractivity contribution is 5.43. The van der Waals surface area contributed by atoms with Crippen molar-refractivity contribution in [1.29, 1.82) is 0 Å². The van der Waals surface area contributed by atoms with Crippen LogP contribution in [0.3, 0.4) is 0 Å². The van der Waals surface area contributed by atoms with Crippen LogP contribution < -0.4 is 4.90 Å². The summed E-state index contributed by atoms with van der Waals surface area (Å²) in [7, 11) is 0. The largest absolute Gasteiger partial charge is 0.368 e. The average Bonchev–Trinajstić information content (AvgIpc) is 2.47. The SMILES string of the molecule is Cc1ncc(N2CCC(C)(C)C2)cn1. The standard InChI is InChI=1S/C11H17N3/c1-9-12-6-10(7-13-9)14-5-4-11(2,3)8-14/h6-7H,4-5,8H2,1-3H3. The lowest BCUT2D eigenvalue weighted by molar-refractivity contribution is 0.418. The van der Waals surface area contributed by atoms with Crippen molar-refractivity contribution < 1.29 is 0 Å². The number of nitrogens with zero attached hydrogens (tertiary/aromatic N) is 3. The molecule has 0 atom stereocenters. The van der Waals surface area contributed by atoms with Gasteiger partial charge in [0.15, 0.2) is 0 Å². The highest BCUT2D eigenvalue weighted by Gasteiger charge is 2.29. The van der Waals surface area contributed by atoms with E-state index in [9.17, 15) is 0 Å². The maximum absolute atomic E-state index is 4.22. The van der Waals surface area contributed by atoms with E-state index >= 15 is 0 Å². The van der Waals surface area contributed by atoms with Crippen molar-refractivity contribution in [3.63, 3.8) is 0 Å². The van der Waals surface area contributed by atoms with Gasteiger partial charge >= 0.3 is 0 Å². The fourth-order valence-electron chi connectivity index (χ4n) is 1.88. The van der Waals surface area contributed by atoms with Crippen LogP contribution >= 0.6 is 0 Å². The van der Waals surface area contributed by atoms with E-state index in [1.807, 2.05) is 19.3 Å². The molecule has 0 amide bonds. The highest BCUT2D eigenvalue weighted by atomic mass is 15.2. The molecular formula is C11H17N3. The number of anilines is 1. The first-order chi connectivity index (χ1) is 6.57. The van der Waals surface area contributed by atoms with Gasteiger partial charge < -0.3 is 4.90 Å². The lowest BCUT2D eigenvalue weighted by atomic mass is 9.93. The van der Waals surface area contributed by atoms with Crippen LogP contribution in [0.15, 0.2) is 12.4 Å². The van der Waals surface area contributed by atoms with E-state index in [1.54, 1.807) is 0 Å². The van der Waals surface area contributed by atoms with Crippen LogP contribution in [0, 0.1) is 12.3 Å². The second kappa shape index (κ2) is 3.23. The van der Waals surface area contributed by atoms with Crippen LogP contribution in [0.1, 0.15) is 26.1 Å². The van der Waals surface area contributed by atoms with Crippen molar-refractivity contribution in [2.24, 2.45) is 5.41 Å². The van der Waals surface area contributed by atoms with Crippen LogP contribution in [0.5, 0.6) is 0 Å². The average molecular weight is 191 g/mol. The Bertz CT molecular complexity index is 316. The van der Waals surface area contributed by atoms with E-state index in [0.717, 1.165) is 24.6 Å². The fourth-order valence-corrected chi connectivity index (χ4v) is 1.88. The Labute approximate surface area is 85.2 Å². The third-order valence-electron chi connectivity index (χ3n) is 2.81. The molecule has 0 radical (unpaired) electrons. The third-order valence-corrected chi connectivity index (χ3v) is 2.81. The molecule has 0 unspecified atom stereocenters. The molecule has 1 aromatic heterocycles. The molecule has 2 rings (SSSR count). The Morgan fingerprint density at radius 1 is 1.29 bits per heavy atom. The first-order valence-corrected chi connectivity index (χ1v) is 5.10. The van der Waals surface area contributed by atoms with Crippen molar-refractivity contribution >= 4 is 5.69 Å². The Kier molecular flexibility index (Phi) is 2.17. The van der Waals surface area contributed by atoms with Crippen molar-refractivity contribution in [2.45, 2.75) is 27.2 Å². The highest BCUT2D eigenvalue weighted by Crippen LogP contribution is 2.31. The normalized spacial score (nSPS) is 20.1. The molecule has 1 aliphatic heterocycles. The zero-order chi connectivity index (χ0) is 10.2. The predicted molar refractivity (Wildman–Crippen MR) is 57.4 cm³/mol. The molecule has 0 aromatic carbocycles. The monoisotopic (exact) mass is 191 g/mol. The zero-order valence-electron chi connectivity index (χ0n) is 9.12. The summed E-state index contributed by atoms with van der Waals surface area (Å²) >= 11 is 0. The lowest BCUT2D eigenvalue weighted by Gasteiger charge is -2.20. The molecule has 1 aliphatic rings. The van der Waals surface area contributed by atoms with Gasteiger partial charge in [-0.15, -0.1) is 0 Å². The minimum absolute atomic E-state index is 0.435. The maximum Gasteiger partial charge on any atom is 0.125 e. The van der Waals surface area contributed by atoms with Gasteiger partial charge in [-0.25, -0.2) is 9.97 Å². The summed E-state index contributed by atoms with van der Waals surface area (Å²) in [5.74, 6) is 0.840. The summed E-state index contributed by atoms with van der Waals surface area (Å²) in [6.07, 6.45) is 5.09. The molecule has 3 nitrogen and oxygen atoms in total. The summed E-state index contributed by atoms with van der Waals surface area (Å²) in [4.78, 5) is 10.8. The van der Waals surface area contributed by atoms with Crippen LogP contribution in [0.4, 0.5) is 5.69 Å². The number of hydrogen-bond acceptors (Lipinski definition) is 3. The van der Waals surface area contributed by atoms with Gasteiger partial charge in [0.25, 0.3) is 0 Å². The second-order valence-corrected chi connectivity index (χ2v) is 4.82. The predicted octanol–water partition coefficient (Wildman–Crippen LogP) is 2.02. The summed E-state index contributed by atoms with van der Waals surface area (Å²) in [6.45, 7) is 8.76. The van der Waals surface area contributed by atoms with Gasteiger partial charge in [-0.05, 0) is 18.8 Å². The van der Waals surface area contributed by atoms with E-state index < -0.39 is 0 Å². The van der Waals surface area contributed by atoms with E-state index in [-0.39, 0.29) is 0 Å². The summed E-state index contributed by atoms with van der Waals surface area (Å²) < 4.78 is 0. The van der Waals surface area contributed by atoms with Gasteiger partial charge in [-0.1, -0.05) is 13.8 Å². The molecule has 2 heterocycles. The first-order valence-electron chi connectivity index (χ1n) is 5.10. The van der Waals surface area contributed by atoms with Gasteiger partial charge in [0.05, 0.1) is 18.1 Å². The van der Waals surface area contributed by atoms with Gasteiger partial charge in [0.2, 0.25) is 0 Å². The molecule has 1 aromatic rings. The van der Waals surface area contributed by atoms with E-state index in [1.165, 1.54) is 6.42 Å². The molecule has 3 heteroatoms.